The molecule has 2 atom stereocenters. The Balaban J connectivity index is 1.99. The zero-order valence-electron chi connectivity index (χ0n) is 15.7. The van der Waals surface area contributed by atoms with E-state index in [0.29, 0.717) is 34.3 Å². The molecule has 0 saturated carbocycles. The summed E-state index contributed by atoms with van der Waals surface area (Å²) >= 11 is 0. The summed E-state index contributed by atoms with van der Waals surface area (Å²) in [6.07, 6.45) is -1.11. The van der Waals surface area contributed by atoms with Gasteiger partial charge >= 0.3 is 11.6 Å². The Morgan fingerprint density at radius 3 is 2.50 bits per heavy atom. The molecule has 0 fully saturated rings. The lowest BCUT2D eigenvalue weighted by molar-refractivity contribution is -0.148. The molecule has 1 aromatic carbocycles. The quantitative estimate of drug-likeness (QED) is 0.723. The summed E-state index contributed by atoms with van der Waals surface area (Å²) in [4.78, 5) is 25.1. The molecular weight excluding hydrogens is 372 g/mol. The molecular formula is C19H18O9. The molecule has 2 aliphatic heterocycles. The first-order valence-corrected chi connectivity index (χ1v) is 8.43. The van der Waals surface area contributed by atoms with Crippen molar-refractivity contribution in [3.63, 3.8) is 0 Å². The minimum Gasteiger partial charge on any atom is -0.492 e. The highest BCUT2D eigenvalue weighted by atomic mass is 16.7. The lowest BCUT2D eigenvalue weighted by atomic mass is 9.87. The zero-order chi connectivity index (χ0) is 20.0. The highest BCUT2D eigenvalue weighted by Gasteiger charge is 2.46. The number of fused-ring (bicyclic) bond motifs is 2. The first-order valence-electron chi connectivity index (χ1n) is 8.43. The van der Waals surface area contributed by atoms with Crippen LogP contribution in [0.1, 0.15) is 22.8 Å². The van der Waals surface area contributed by atoms with Crippen LogP contribution in [0.5, 0.6) is 28.7 Å². The number of methoxy groups -OCH3 is 3. The Morgan fingerprint density at radius 1 is 1.07 bits per heavy atom. The second-order valence-corrected chi connectivity index (χ2v) is 6.23. The first-order chi connectivity index (χ1) is 13.5. The fraction of sp³-hybridized carbons (Fsp3) is 0.368. The van der Waals surface area contributed by atoms with Crippen LogP contribution in [0.3, 0.4) is 0 Å². The molecule has 9 nitrogen and oxygen atoms in total. The summed E-state index contributed by atoms with van der Waals surface area (Å²) in [6.45, 7) is 1.63. The van der Waals surface area contributed by atoms with Crippen LogP contribution in [0.15, 0.2) is 21.3 Å². The van der Waals surface area contributed by atoms with Crippen molar-refractivity contribution in [2.24, 2.45) is 0 Å². The number of hydrogen-bond acceptors (Lipinski definition) is 9. The van der Waals surface area contributed by atoms with Gasteiger partial charge in [0, 0.05) is 11.6 Å². The molecule has 9 heteroatoms. The predicted molar refractivity (Wildman–Crippen MR) is 93.7 cm³/mol. The highest BCUT2D eigenvalue weighted by molar-refractivity contribution is 5.80. The van der Waals surface area contributed by atoms with E-state index in [9.17, 15) is 9.59 Å². The van der Waals surface area contributed by atoms with Gasteiger partial charge in [-0.15, -0.1) is 0 Å². The van der Waals surface area contributed by atoms with Crippen LogP contribution in [-0.4, -0.2) is 40.2 Å². The maximum absolute atomic E-state index is 12.6. The molecule has 0 bridgehead atoms. The monoisotopic (exact) mass is 390 g/mol. The van der Waals surface area contributed by atoms with Crippen LogP contribution in [0.25, 0.3) is 0 Å². The van der Waals surface area contributed by atoms with Crippen LogP contribution >= 0.6 is 0 Å². The number of carbonyl (C=O) groups excluding carboxylic acids is 1. The maximum Gasteiger partial charge on any atom is 0.348 e. The Bertz CT molecular complexity index is 1010. The summed E-state index contributed by atoms with van der Waals surface area (Å²) < 4.78 is 37.8. The van der Waals surface area contributed by atoms with Crippen molar-refractivity contribution in [3.8, 4) is 28.7 Å². The molecule has 148 valence electrons. The van der Waals surface area contributed by atoms with E-state index >= 15 is 0 Å². The molecule has 0 saturated heterocycles. The summed E-state index contributed by atoms with van der Waals surface area (Å²) in [6, 6.07) is 3.20. The molecule has 1 aromatic heterocycles. The van der Waals surface area contributed by atoms with E-state index in [4.69, 9.17) is 32.8 Å². The summed E-state index contributed by atoms with van der Waals surface area (Å²) in [5.41, 5.74) is 0.0409. The van der Waals surface area contributed by atoms with E-state index in [-0.39, 0.29) is 18.1 Å². The van der Waals surface area contributed by atoms with Gasteiger partial charge in [0.1, 0.15) is 11.5 Å². The molecule has 0 unspecified atom stereocenters. The Labute approximate surface area is 159 Å². The standard InChI is InChI=1S/C19H18O9/c1-8-5-10-13(18(20)27-8)12(16(28-10)19(21)24-4)9-6-11-15(26-7-25-11)17(23-3)14(9)22-2/h5-6,12,16H,7H2,1-4H3/t12-,16+/m0/s1. The Morgan fingerprint density at radius 2 is 1.82 bits per heavy atom. The van der Waals surface area contributed by atoms with E-state index in [1.807, 2.05) is 0 Å². The fourth-order valence-corrected chi connectivity index (χ4v) is 3.59. The normalized spacial score (nSPS) is 19.0. The molecule has 4 rings (SSSR count). The summed E-state index contributed by atoms with van der Waals surface area (Å²) in [5.74, 6) is 0.503. The zero-order valence-corrected chi connectivity index (χ0v) is 15.7. The maximum atomic E-state index is 12.6. The minimum atomic E-state index is -1.11. The molecule has 3 heterocycles. The van der Waals surface area contributed by atoms with Crippen molar-refractivity contribution in [3.05, 3.63) is 39.4 Å². The fourth-order valence-electron chi connectivity index (χ4n) is 3.59. The van der Waals surface area contributed by atoms with E-state index in [2.05, 4.69) is 0 Å². The van der Waals surface area contributed by atoms with Crippen LogP contribution < -0.4 is 29.3 Å². The molecule has 0 radical (unpaired) electrons. The third kappa shape index (κ3) is 2.54. The van der Waals surface area contributed by atoms with Gasteiger partial charge in [-0.3, -0.25) is 0 Å². The number of ether oxygens (including phenoxy) is 6. The van der Waals surface area contributed by atoms with Gasteiger partial charge in [0.2, 0.25) is 24.4 Å². The third-order valence-electron chi connectivity index (χ3n) is 4.72. The van der Waals surface area contributed by atoms with Gasteiger partial charge in [-0.05, 0) is 13.0 Å². The number of carbonyl (C=O) groups is 1. The van der Waals surface area contributed by atoms with Gasteiger partial charge < -0.3 is 32.8 Å². The third-order valence-corrected chi connectivity index (χ3v) is 4.72. The SMILES string of the molecule is COC(=O)[C@@H]1Oc2cc(C)oc(=O)c2[C@@H]1c1cc2c(c(OC)c1OC)OCO2. The van der Waals surface area contributed by atoms with Crippen LogP contribution in [0.4, 0.5) is 0 Å². The van der Waals surface area contributed by atoms with E-state index in [0.717, 1.165) is 0 Å². The lowest BCUT2D eigenvalue weighted by Gasteiger charge is -2.21. The molecule has 0 amide bonds. The van der Waals surface area contributed by atoms with E-state index in [1.165, 1.54) is 21.3 Å². The molecule has 0 spiro atoms. The average molecular weight is 390 g/mol. The number of hydrogen-bond donors (Lipinski definition) is 0. The first kappa shape index (κ1) is 18.0. The summed E-state index contributed by atoms with van der Waals surface area (Å²) in [5, 5.41) is 0. The molecule has 2 aromatic rings. The van der Waals surface area contributed by atoms with Crippen molar-refractivity contribution in [2.45, 2.75) is 18.9 Å². The van der Waals surface area contributed by atoms with Crippen molar-refractivity contribution >= 4 is 5.97 Å². The van der Waals surface area contributed by atoms with Gasteiger partial charge in [0.25, 0.3) is 0 Å². The van der Waals surface area contributed by atoms with Crippen LogP contribution in [0, 0.1) is 6.92 Å². The molecule has 0 N–H and O–H groups in total. The van der Waals surface area contributed by atoms with Gasteiger partial charge in [0.05, 0.1) is 32.8 Å². The van der Waals surface area contributed by atoms with Crippen LogP contribution in [-0.2, 0) is 9.53 Å². The number of esters is 1. The predicted octanol–water partition coefficient (Wildman–Crippen LogP) is 1.76. The minimum absolute atomic E-state index is 0.0117. The summed E-state index contributed by atoms with van der Waals surface area (Å²) in [7, 11) is 4.15. The van der Waals surface area contributed by atoms with Gasteiger partial charge in [-0.1, -0.05) is 0 Å². The van der Waals surface area contributed by atoms with Crippen molar-refractivity contribution in [1.29, 1.82) is 0 Å². The smallest absolute Gasteiger partial charge is 0.348 e. The lowest BCUT2D eigenvalue weighted by Crippen LogP contribution is -2.32. The number of benzene rings is 1. The van der Waals surface area contributed by atoms with Gasteiger partial charge in [-0.25, -0.2) is 9.59 Å². The highest BCUT2D eigenvalue weighted by Crippen LogP contribution is 2.54. The Hall–Kier alpha value is -3.36. The van der Waals surface area contributed by atoms with Gasteiger partial charge in [-0.2, -0.15) is 0 Å². The van der Waals surface area contributed by atoms with Crippen molar-refractivity contribution < 1.29 is 37.6 Å². The average Bonchev–Trinajstić information content (AvgIpc) is 3.29. The second-order valence-electron chi connectivity index (χ2n) is 6.23. The molecule has 2 aliphatic rings. The molecule has 28 heavy (non-hydrogen) atoms. The largest absolute Gasteiger partial charge is 0.492 e. The number of aryl methyl sites for hydroxylation is 1. The van der Waals surface area contributed by atoms with E-state index in [1.54, 1.807) is 19.1 Å². The van der Waals surface area contributed by atoms with Crippen LogP contribution in [0.2, 0.25) is 0 Å². The van der Waals surface area contributed by atoms with Crippen molar-refractivity contribution in [1.82, 2.24) is 0 Å². The Kier molecular flexibility index (Phi) is 4.29. The second kappa shape index (κ2) is 6.66. The molecule has 0 aliphatic carbocycles. The van der Waals surface area contributed by atoms with Gasteiger partial charge in [0.15, 0.2) is 11.5 Å². The van der Waals surface area contributed by atoms with E-state index < -0.39 is 23.6 Å². The number of rotatable bonds is 4. The topological polar surface area (TPSA) is 103 Å². The van der Waals surface area contributed by atoms with Crippen molar-refractivity contribution in [2.75, 3.05) is 28.1 Å².